The van der Waals surface area contributed by atoms with Crippen LogP contribution in [0.3, 0.4) is 0 Å². The molecule has 0 amide bonds. The van der Waals surface area contributed by atoms with E-state index < -0.39 is 16.0 Å². The Kier molecular flexibility index (Phi) is 4.60. The molecular weight excluding hydrogens is 370 g/mol. The number of thiophene rings is 1. The highest BCUT2D eigenvalue weighted by atomic mass is 35.5. The van der Waals surface area contributed by atoms with Gasteiger partial charge in [0.15, 0.2) is 0 Å². The van der Waals surface area contributed by atoms with Crippen LogP contribution in [0.25, 0.3) is 10.1 Å². The summed E-state index contributed by atoms with van der Waals surface area (Å²) in [6.45, 7) is 0.112. The predicted octanol–water partition coefficient (Wildman–Crippen LogP) is 3.73. The SMILES string of the molecule is O=C(O)c1cc2ccc(CNS(=O)(=O)c3ccc(Cl)cc3)cc2s1. The third-order valence-corrected chi connectivity index (χ3v) is 6.14. The summed E-state index contributed by atoms with van der Waals surface area (Å²) in [6.07, 6.45) is 0. The van der Waals surface area contributed by atoms with Crippen molar-refractivity contribution in [2.45, 2.75) is 11.4 Å². The lowest BCUT2D eigenvalue weighted by atomic mass is 10.2. The number of halogens is 1. The van der Waals surface area contributed by atoms with Crippen LogP contribution in [0, 0.1) is 0 Å². The van der Waals surface area contributed by atoms with Crippen LogP contribution in [0.5, 0.6) is 0 Å². The van der Waals surface area contributed by atoms with Crippen LogP contribution >= 0.6 is 22.9 Å². The fourth-order valence-corrected chi connectivity index (χ4v) is 4.28. The first-order chi connectivity index (χ1) is 11.3. The first-order valence-corrected chi connectivity index (χ1v) is 9.54. The number of sulfonamides is 1. The lowest BCUT2D eigenvalue weighted by Crippen LogP contribution is -2.23. The molecule has 3 rings (SSSR count). The zero-order chi connectivity index (χ0) is 17.3. The van der Waals surface area contributed by atoms with E-state index in [0.717, 1.165) is 27.0 Å². The molecule has 0 unspecified atom stereocenters. The van der Waals surface area contributed by atoms with Gasteiger partial charge in [-0.2, -0.15) is 0 Å². The highest BCUT2D eigenvalue weighted by molar-refractivity contribution is 7.89. The van der Waals surface area contributed by atoms with Gasteiger partial charge in [-0.1, -0.05) is 23.7 Å². The van der Waals surface area contributed by atoms with Gasteiger partial charge in [0.25, 0.3) is 0 Å². The first kappa shape index (κ1) is 16.9. The number of aromatic carboxylic acids is 1. The molecule has 0 aliphatic rings. The molecular formula is C16H12ClNO4S2. The molecule has 3 aromatic rings. The molecule has 0 spiro atoms. The van der Waals surface area contributed by atoms with Crippen LogP contribution in [0.4, 0.5) is 0 Å². The zero-order valence-electron chi connectivity index (χ0n) is 12.2. The molecule has 0 atom stereocenters. The molecule has 0 saturated heterocycles. The molecule has 24 heavy (non-hydrogen) atoms. The van der Waals surface area contributed by atoms with Crippen LogP contribution in [0.2, 0.25) is 5.02 Å². The number of carboxylic acids is 1. The van der Waals surface area contributed by atoms with E-state index >= 15 is 0 Å². The van der Waals surface area contributed by atoms with Gasteiger partial charge in [-0.05, 0) is 47.3 Å². The van der Waals surface area contributed by atoms with Crippen molar-refractivity contribution in [3.8, 4) is 0 Å². The zero-order valence-corrected chi connectivity index (χ0v) is 14.6. The second-order valence-electron chi connectivity index (χ2n) is 5.07. The van der Waals surface area contributed by atoms with Crippen molar-refractivity contribution in [1.82, 2.24) is 4.72 Å². The molecule has 1 heterocycles. The van der Waals surface area contributed by atoms with Crippen molar-refractivity contribution in [3.63, 3.8) is 0 Å². The molecule has 0 fully saturated rings. The van der Waals surface area contributed by atoms with Crippen molar-refractivity contribution >= 4 is 49.0 Å². The van der Waals surface area contributed by atoms with E-state index in [1.165, 1.54) is 24.3 Å². The van der Waals surface area contributed by atoms with Gasteiger partial charge in [0.2, 0.25) is 10.0 Å². The first-order valence-electron chi connectivity index (χ1n) is 6.86. The number of fused-ring (bicyclic) bond motifs is 1. The lowest BCUT2D eigenvalue weighted by molar-refractivity contribution is 0.0702. The fourth-order valence-electron chi connectivity index (χ4n) is 2.17. The molecule has 124 valence electrons. The Morgan fingerprint density at radius 3 is 2.50 bits per heavy atom. The Labute approximate surface area is 147 Å². The highest BCUT2D eigenvalue weighted by Crippen LogP contribution is 2.26. The number of carboxylic acid groups (broad SMARTS) is 1. The molecule has 1 aromatic heterocycles. The monoisotopic (exact) mass is 381 g/mol. The maximum absolute atomic E-state index is 12.2. The van der Waals surface area contributed by atoms with Gasteiger partial charge in [-0.3, -0.25) is 0 Å². The van der Waals surface area contributed by atoms with Crippen LogP contribution in [-0.2, 0) is 16.6 Å². The van der Waals surface area contributed by atoms with Gasteiger partial charge in [-0.15, -0.1) is 11.3 Å². The van der Waals surface area contributed by atoms with Crippen LogP contribution in [-0.4, -0.2) is 19.5 Å². The summed E-state index contributed by atoms with van der Waals surface area (Å²) in [6, 6.07) is 12.8. The Morgan fingerprint density at radius 1 is 1.12 bits per heavy atom. The second-order valence-corrected chi connectivity index (χ2v) is 8.35. The normalized spacial score (nSPS) is 11.7. The lowest BCUT2D eigenvalue weighted by Gasteiger charge is -2.07. The van der Waals surface area contributed by atoms with Crippen LogP contribution < -0.4 is 4.72 Å². The number of hydrogen-bond donors (Lipinski definition) is 2. The summed E-state index contributed by atoms with van der Waals surface area (Å²) >= 11 is 6.92. The number of carbonyl (C=O) groups is 1. The van der Waals surface area contributed by atoms with E-state index in [9.17, 15) is 13.2 Å². The third-order valence-electron chi connectivity index (χ3n) is 3.39. The molecule has 0 aliphatic heterocycles. The van der Waals surface area contributed by atoms with E-state index in [1.807, 2.05) is 0 Å². The molecule has 0 radical (unpaired) electrons. The van der Waals surface area contributed by atoms with Crippen molar-refractivity contribution in [2.24, 2.45) is 0 Å². The smallest absolute Gasteiger partial charge is 0.345 e. The average Bonchev–Trinajstić information content (AvgIpc) is 2.97. The molecule has 2 aromatic carbocycles. The number of benzene rings is 2. The van der Waals surface area contributed by atoms with E-state index in [4.69, 9.17) is 16.7 Å². The largest absolute Gasteiger partial charge is 0.477 e. The van der Waals surface area contributed by atoms with Crippen molar-refractivity contribution in [2.75, 3.05) is 0 Å². The Bertz CT molecular complexity index is 1010. The molecule has 8 heteroatoms. The predicted molar refractivity (Wildman–Crippen MR) is 94.3 cm³/mol. The number of nitrogens with one attached hydrogen (secondary N) is 1. The summed E-state index contributed by atoms with van der Waals surface area (Å²) in [5, 5.41) is 10.3. The summed E-state index contributed by atoms with van der Waals surface area (Å²) in [5.74, 6) is -0.971. The van der Waals surface area contributed by atoms with Crippen LogP contribution in [0.15, 0.2) is 53.4 Å². The van der Waals surface area contributed by atoms with Crippen molar-refractivity contribution in [1.29, 1.82) is 0 Å². The Morgan fingerprint density at radius 2 is 1.83 bits per heavy atom. The fraction of sp³-hybridized carbons (Fsp3) is 0.0625. The maximum atomic E-state index is 12.2. The summed E-state index contributed by atoms with van der Waals surface area (Å²) < 4.78 is 27.8. The minimum Gasteiger partial charge on any atom is -0.477 e. The average molecular weight is 382 g/mol. The van der Waals surface area contributed by atoms with Crippen molar-refractivity contribution in [3.05, 3.63) is 64.0 Å². The topological polar surface area (TPSA) is 83.5 Å². The van der Waals surface area contributed by atoms with Gasteiger partial charge in [0.1, 0.15) is 4.88 Å². The van der Waals surface area contributed by atoms with Gasteiger partial charge < -0.3 is 5.11 Å². The molecule has 5 nitrogen and oxygen atoms in total. The quantitative estimate of drug-likeness (QED) is 0.705. The Hall–Kier alpha value is -1.93. The Balaban J connectivity index is 1.79. The maximum Gasteiger partial charge on any atom is 0.345 e. The highest BCUT2D eigenvalue weighted by Gasteiger charge is 2.14. The molecule has 0 aliphatic carbocycles. The molecule has 0 bridgehead atoms. The van der Waals surface area contributed by atoms with E-state index in [2.05, 4.69) is 4.72 Å². The summed E-state index contributed by atoms with van der Waals surface area (Å²) in [7, 11) is -3.64. The molecule has 0 saturated carbocycles. The minimum atomic E-state index is -3.64. The van der Waals surface area contributed by atoms with Crippen LogP contribution in [0.1, 0.15) is 15.2 Å². The van der Waals surface area contributed by atoms with E-state index in [0.29, 0.717) is 5.02 Å². The van der Waals surface area contributed by atoms with E-state index in [1.54, 1.807) is 24.3 Å². The third kappa shape index (κ3) is 3.59. The van der Waals surface area contributed by atoms with Gasteiger partial charge in [0, 0.05) is 16.3 Å². The molecule has 2 N–H and O–H groups in total. The van der Waals surface area contributed by atoms with Gasteiger partial charge >= 0.3 is 5.97 Å². The minimum absolute atomic E-state index is 0.112. The number of rotatable bonds is 5. The van der Waals surface area contributed by atoms with Crippen molar-refractivity contribution < 1.29 is 18.3 Å². The summed E-state index contributed by atoms with van der Waals surface area (Å²) in [4.78, 5) is 11.4. The number of hydrogen-bond acceptors (Lipinski definition) is 4. The van der Waals surface area contributed by atoms with Gasteiger partial charge in [0.05, 0.1) is 4.90 Å². The standard InChI is InChI=1S/C16H12ClNO4S2/c17-12-3-5-13(6-4-12)24(21,22)18-9-10-1-2-11-8-15(16(19)20)23-14(11)7-10/h1-8,18H,9H2,(H,19,20). The van der Waals surface area contributed by atoms with E-state index in [-0.39, 0.29) is 16.3 Å². The summed E-state index contributed by atoms with van der Waals surface area (Å²) in [5.41, 5.74) is 0.749. The second kappa shape index (κ2) is 6.52. The van der Waals surface area contributed by atoms with Gasteiger partial charge in [-0.25, -0.2) is 17.9 Å².